The van der Waals surface area contributed by atoms with Crippen molar-refractivity contribution in [3.63, 3.8) is 0 Å². The summed E-state index contributed by atoms with van der Waals surface area (Å²) in [5.41, 5.74) is 3.61. The number of carboxylic acids is 1. The number of halogens is 2. The van der Waals surface area contributed by atoms with Crippen molar-refractivity contribution in [1.82, 2.24) is 18.9 Å². The number of carbonyl (C=O) groups is 5. The molecule has 71 heavy (non-hydrogen) atoms. The number of carbonyl (C=O) groups excluding carboxylic acids is 4. The molecule has 4 aliphatic rings. The van der Waals surface area contributed by atoms with Crippen LogP contribution in [-0.2, 0) is 65.7 Å². The van der Waals surface area contributed by atoms with Gasteiger partial charge in [0.05, 0.1) is 57.2 Å². The largest absolute Gasteiger partial charge is 0.488 e. The van der Waals surface area contributed by atoms with E-state index in [1.807, 2.05) is 105 Å². The summed E-state index contributed by atoms with van der Waals surface area (Å²) < 4.78 is 27.5. The molecule has 376 valence electrons. The summed E-state index contributed by atoms with van der Waals surface area (Å²) in [7, 11) is 3.95. The van der Waals surface area contributed by atoms with E-state index in [4.69, 9.17) is 24.0 Å². The fourth-order valence-electron chi connectivity index (χ4n) is 9.68. The highest BCUT2D eigenvalue weighted by molar-refractivity contribution is 14.1. The number of benzene rings is 2. The molecule has 6 unspecified atom stereocenters. The third-order valence-corrected chi connectivity index (χ3v) is 14.9. The van der Waals surface area contributed by atoms with E-state index >= 15 is 0 Å². The number of hydrogen-bond donors (Lipinski definition) is 2. The number of aliphatic carboxylic acids is 1. The molecule has 2 amide bonds. The predicted octanol–water partition coefficient (Wildman–Crippen LogP) is 4.64. The van der Waals surface area contributed by atoms with Gasteiger partial charge in [-0.15, -0.1) is 6.58 Å². The molecular formula is C51H58I2N6O12+2. The SMILES string of the molecule is C=CCOOC(=O)C(C)C1C(=O)N2C(C(=O)OCC=C)=C(COc3ccc(Cn4cc[n+](C)c4)cc3I)[C@H](C)C12.CC(O)C1C(=O)N2C(C(=O)O)=C(COc3ccc(Cn4cc[n+](C)c4)cc3I)[C@H](C)C12. The number of amides is 2. The molecule has 4 aromatic rings. The number of carboxylic acid groups (broad SMARTS) is 1. The van der Waals surface area contributed by atoms with Crippen LogP contribution in [0, 0.1) is 36.7 Å². The zero-order valence-corrected chi connectivity index (χ0v) is 44.6. The molecule has 6 heterocycles. The second kappa shape index (κ2) is 22.7. The number of aromatic nitrogens is 4. The van der Waals surface area contributed by atoms with Crippen LogP contribution in [0.1, 0.15) is 38.8 Å². The van der Waals surface area contributed by atoms with Gasteiger partial charge in [-0.25, -0.2) is 32.7 Å². The van der Waals surface area contributed by atoms with Crippen LogP contribution in [0.5, 0.6) is 11.5 Å². The highest BCUT2D eigenvalue weighted by Gasteiger charge is 2.62. The van der Waals surface area contributed by atoms with Gasteiger partial charge in [-0.2, -0.15) is 4.89 Å². The molecule has 8 rings (SSSR count). The lowest BCUT2D eigenvalue weighted by atomic mass is 9.74. The average molecular weight is 1200 g/mol. The molecule has 2 fully saturated rings. The van der Waals surface area contributed by atoms with Crippen molar-refractivity contribution in [3.8, 4) is 11.5 Å². The minimum Gasteiger partial charge on any atom is -0.488 e. The fraction of sp³-hybridized carbons (Fsp3) is 0.392. The molecule has 2 saturated heterocycles. The molecule has 20 heteroatoms. The summed E-state index contributed by atoms with van der Waals surface area (Å²) in [6.07, 6.45) is 14.1. The van der Waals surface area contributed by atoms with Crippen molar-refractivity contribution in [2.75, 3.05) is 26.4 Å². The Morgan fingerprint density at radius 2 is 1.24 bits per heavy atom. The third kappa shape index (κ3) is 11.1. The van der Waals surface area contributed by atoms with Crippen molar-refractivity contribution in [2.24, 2.45) is 43.7 Å². The summed E-state index contributed by atoms with van der Waals surface area (Å²) in [5.74, 6) is -4.27. The summed E-state index contributed by atoms with van der Waals surface area (Å²) in [6.45, 7) is 15.7. The van der Waals surface area contributed by atoms with Gasteiger partial charge in [0.15, 0.2) is 0 Å². The van der Waals surface area contributed by atoms with E-state index < -0.39 is 47.8 Å². The van der Waals surface area contributed by atoms with Crippen LogP contribution in [-0.4, -0.2) is 103 Å². The second-order valence-corrected chi connectivity index (χ2v) is 20.4. The van der Waals surface area contributed by atoms with E-state index in [0.717, 1.165) is 31.4 Å². The van der Waals surface area contributed by atoms with Crippen molar-refractivity contribution in [2.45, 2.75) is 59.0 Å². The van der Waals surface area contributed by atoms with Crippen molar-refractivity contribution in [3.05, 3.63) is 140 Å². The lowest BCUT2D eigenvalue weighted by Gasteiger charge is -2.47. The smallest absolute Gasteiger partial charge is 0.355 e. The Bertz CT molecular complexity index is 2800. The lowest BCUT2D eigenvalue weighted by molar-refractivity contribution is -0.671. The molecule has 18 nitrogen and oxygen atoms in total. The van der Waals surface area contributed by atoms with Gasteiger partial charge >= 0.3 is 17.9 Å². The zero-order chi connectivity index (χ0) is 51.4. The highest BCUT2D eigenvalue weighted by Crippen LogP contribution is 2.50. The number of ether oxygens (including phenoxy) is 3. The normalized spacial score (nSPS) is 21.8. The number of rotatable bonds is 20. The van der Waals surface area contributed by atoms with Gasteiger partial charge < -0.3 is 34.2 Å². The van der Waals surface area contributed by atoms with Gasteiger partial charge in [0.25, 0.3) is 0 Å². The van der Waals surface area contributed by atoms with Crippen LogP contribution in [0.3, 0.4) is 0 Å². The molecule has 2 N–H and O–H groups in total. The Labute approximate surface area is 439 Å². The monoisotopic (exact) mass is 1200 g/mol. The number of nitrogens with zero attached hydrogens (tertiary/aromatic N) is 6. The first-order chi connectivity index (χ1) is 33.9. The molecule has 2 aromatic heterocycles. The zero-order valence-electron chi connectivity index (χ0n) is 40.3. The van der Waals surface area contributed by atoms with Crippen LogP contribution in [0.2, 0.25) is 0 Å². The average Bonchev–Trinajstić information content (AvgIpc) is 4.06. The maximum atomic E-state index is 13.3. The minimum absolute atomic E-state index is 0.00311. The first kappa shape index (κ1) is 53.0. The number of aliphatic hydroxyl groups excluding tert-OH is 1. The quantitative estimate of drug-likeness (QED) is 0.0182. The Hall–Kier alpha value is -5.85. The molecule has 0 spiro atoms. The Kier molecular flexibility index (Phi) is 16.9. The Morgan fingerprint density at radius 3 is 1.69 bits per heavy atom. The summed E-state index contributed by atoms with van der Waals surface area (Å²) >= 11 is 4.44. The van der Waals surface area contributed by atoms with Crippen LogP contribution < -0.4 is 18.6 Å². The summed E-state index contributed by atoms with van der Waals surface area (Å²) in [5, 5.41) is 19.7. The molecule has 0 bridgehead atoms. The third-order valence-electron chi connectivity index (χ3n) is 13.2. The van der Waals surface area contributed by atoms with Crippen molar-refractivity contribution >= 4 is 74.9 Å². The first-order valence-electron chi connectivity index (χ1n) is 23.0. The maximum Gasteiger partial charge on any atom is 0.355 e. The Morgan fingerprint density at radius 1 is 0.761 bits per heavy atom. The van der Waals surface area contributed by atoms with Gasteiger partial charge in [0.1, 0.15) is 87.2 Å². The van der Waals surface area contributed by atoms with E-state index in [9.17, 15) is 34.2 Å². The number of β-lactam (4-membered cyclic amide) rings is 2. The fourth-order valence-corrected chi connectivity index (χ4v) is 11.2. The number of imidazole rings is 2. The number of fused-ring (bicyclic) bond motifs is 2. The second-order valence-electron chi connectivity index (χ2n) is 18.1. The van der Waals surface area contributed by atoms with Gasteiger partial charge in [-0.05, 0) is 87.5 Å². The van der Waals surface area contributed by atoms with Gasteiger partial charge in [0.2, 0.25) is 24.5 Å². The lowest BCUT2D eigenvalue weighted by Crippen LogP contribution is -2.63. The highest BCUT2D eigenvalue weighted by atomic mass is 127. The van der Waals surface area contributed by atoms with Gasteiger partial charge in [0, 0.05) is 23.0 Å². The first-order valence-corrected chi connectivity index (χ1v) is 25.1. The van der Waals surface area contributed by atoms with E-state index in [1.54, 1.807) is 13.8 Å². The van der Waals surface area contributed by atoms with Crippen LogP contribution in [0.4, 0.5) is 0 Å². The van der Waals surface area contributed by atoms with E-state index in [2.05, 4.69) is 73.5 Å². The molecule has 2 aromatic carbocycles. The van der Waals surface area contributed by atoms with Crippen LogP contribution in [0.25, 0.3) is 0 Å². The molecule has 0 radical (unpaired) electrons. The van der Waals surface area contributed by atoms with Gasteiger partial charge in [-0.1, -0.05) is 51.6 Å². The molecule has 8 atom stereocenters. The standard InChI is InChI=1S/C29H33IN3O7.C22H24IN3O5/c1-6-12-37-29(36)26-21(16-38-23-9-8-20(14-22(23)30)15-32-11-10-31(5)17-32)18(3)25-24(27(34)33(25)26)19(4)28(35)40-39-13-7-2;1-12-15(20(22(29)30)26-19(12)18(13(2)27)21(26)28)10-31-17-5-4-14(8-16(17)23)9-25-7-6-24(3)11-25/h6-11,14,17-19,24-25H,1-2,12-13,15-16H2,3-5H3;4-8,11-13,18-19,27H,9-10H2,1-3H3/q+1;/p+1/t18-,19?,24?,25?;12-,13?,18?,19?/m00/s1. The molecule has 0 saturated carbocycles. The van der Waals surface area contributed by atoms with E-state index in [0.29, 0.717) is 22.6 Å². The van der Waals surface area contributed by atoms with E-state index in [1.165, 1.54) is 22.0 Å². The van der Waals surface area contributed by atoms with Crippen LogP contribution in [0.15, 0.2) is 122 Å². The summed E-state index contributed by atoms with van der Waals surface area (Å²) in [6, 6.07) is 11.1. The number of aryl methyl sites for hydroxylation is 2. The molecular weight excluding hydrogens is 1140 g/mol. The summed E-state index contributed by atoms with van der Waals surface area (Å²) in [4.78, 5) is 75.6. The molecule has 0 aliphatic carbocycles. The van der Waals surface area contributed by atoms with Gasteiger partial charge in [-0.3, -0.25) is 14.5 Å². The predicted molar refractivity (Wildman–Crippen MR) is 271 cm³/mol. The van der Waals surface area contributed by atoms with Crippen molar-refractivity contribution < 1.29 is 67.3 Å². The van der Waals surface area contributed by atoms with E-state index in [-0.39, 0.29) is 67.5 Å². The number of esters is 1. The number of hydrogen-bond acceptors (Lipinski definition) is 11. The van der Waals surface area contributed by atoms with Crippen LogP contribution >= 0.6 is 45.2 Å². The molecule has 4 aliphatic heterocycles. The number of aliphatic hydroxyl groups is 1. The van der Waals surface area contributed by atoms with Crippen molar-refractivity contribution in [1.29, 1.82) is 0 Å². The Balaban J connectivity index is 0.000000215. The maximum absolute atomic E-state index is 13.3. The minimum atomic E-state index is -1.14. The topological polar surface area (TPSA) is 196 Å².